The van der Waals surface area contributed by atoms with E-state index < -0.39 is 5.54 Å². The molecule has 0 fully saturated rings. The van der Waals surface area contributed by atoms with Crippen molar-refractivity contribution < 1.29 is 14.3 Å². The lowest BCUT2D eigenvalue weighted by Gasteiger charge is -2.27. The molecular weight excluding hydrogens is 182 g/mol. The Morgan fingerprint density at radius 1 is 1.43 bits per heavy atom. The largest absolute Gasteiger partial charge is 0.468 e. The van der Waals surface area contributed by atoms with E-state index in [0.717, 1.165) is 6.54 Å². The highest BCUT2D eigenvalue weighted by molar-refractivity contribution is 5.80. The first-order chi connectivity index (χ1) is 6.60. The topological polar surface area (TPSA) is 47.6 Å². The Kier molecular flexibility index (Phi) is 6.49. The molecule has 0 heterocycles. The minimum Gasteiger partial charge on any atom is -0.468 e. The number of methoxy groups -OCH3 is 1. The molecule has 0 aromatic heterocycles. The Morgan fingerprint density at radius 3 is 2.50 bits per heavy atom. The van der Waals surface area contributed by atoms with E-state index in [1.807, 2.05) is 20.8 Å². The van der Waals surface area contributed by atoms with Crippen LogP contribution in [-0.2, 0) is 14.3 Å². The summed E-state index contributed by atoms with van der Waals surface area (Å²) in [6.07, 6.45) is 0.626. The Balaban J connectivity index is 4.16. The van der Waals surface area contributed by atoms with E-state index in [-0.39, 0.29) is 5.97 Å². The lowest BCUT2D eigenvalue weighted by Crippen LogP contribution is -2.50. The minimum atomic E-state index is -0.626. The van der Waals surface area contributed by atoms with Gasteiger partial charge in [0, 0.05) is 13.2 Å². The van der Waals surface area contributed by atoms with E-state index in [0.29, 0.717) is 19.6 Å². The zero-order chi connectivity index (χ0) is 11.0. The highest BCUT2D eigenvalue weighted by Crippen LogP contribution is 2.11. The van der Waals surface area contributed by atoms with Crippen LogP contribution in [0.1, 0.15) is 27.2 Å². The Morgan fingerprint density at radius 2 is 2.07 bits per heavy atom. The Labute approximate surface area is 86.0 Å². The van der Waals surface area contributed by atoms with Gasteiger partial charge in [0.15, 0.2) is 0 Å². The van der Waals surface area contributed by atoms with Crippen LogP contribution in [0.4, 0.5) is 0 Å². The van der Waals surface area contributed by atoms with Gasteiger partial charge in [0.1, 0.15) is 5.54 Å². The maximum absolute atomic E-state index is 11.5. The molecule has 0 aromatic carbocycles. The summed E-state index contributed by atoms with van der Waals surface area (Å²) in [6.45, 7) is 7.70. The van der Waals surface area contributed by atoms with E-state index in [4.69, 9.17) is 9.47 Å². The summed E-state index contributed by atoms with van der Waals surface area (Å²) < 4.78 is 9.96. The van der Waals surface area contributed by atoms with Gasteiger partial charge in [-0.25, -0.2) is 0 Å². The number of nitrogens with one attached hydrogen (secondary N) is 1. The van der Waals surface area contributed by atoms with Crippen LogP contribution >= 0.6 is 0 Å². The van der Waals surface area contributed by atoms with Crippen LogP contribution in [0.2, 0.25) is 0 Å². The van der Waals surface area contributed by atoms with Crippen molar-refractivity contribution in [2.24, 2.45) is 0 Å². The van der Waals surface area contributed by atoms with Crippen molar-refractivity contribution >= 4 is 5.97 Å². The highest BCUT2D eigenvalue weighted by atomic mass is 16.5. The molecule has 0 saturated carbocycles. The van der Waals surface area contributed by atoms with Crippen molar-refractivity contribution in [3.8, 4) is 0 Å². The molecule has 4 nitrogen and oxygen atoms in total. The second-order valence-electron chi connectivity index (χ2n) is 3.30. The standard InChI is InChI=1S/C10H21NO3/c1-5-11-10(3,9(12)13-4)7-8-14-6-2/h11H,5-8H2,1-4H3. The number of rotatable bonds is 7. The summed E-state index contributed by atoms with van der Waals surface area (Å²) in [6, 6.07) is 0. The minimum absolute atomic E-state index is 0.237. The van der Waals surface area contributed by atoms with Crippen LogP contribution in [0.25, 0.3) is 0 Å². The molecule has 84 valence electrons. The lowest BCUT2D eigenvalue weighted by molar-refractivity contribution is -0.148. The maximum Gasteiger partial charge on any atom is 0.325 e. The second kappa shape index (κ2) is 6.79. The van der Waals surface area contributed by atoms with Crippen LogP contribution in [0.3, 0.4) is 0 Å². The van der Waals surface area contributed by atoms with Gasteiger partial charge in [-0.1, -0.05) is 6.92 Å². The van der Waals surface area contributed by atoms with Crippen molar-refractivity contribution in [2.75, 3.05) is 26.9 Å². The molecule has 0 rings (SSSR count). The van der Waals surface area contributed by atoms with Gasteiger partial charge in [-0.3, -0.25) is 4.79 Å². The van der Waals surface area contributed by atoms with Gasteiger partial charge in [-0.05, 0) is 26.8 Å². The molecule has 4 heteroatoms. The summed E-state index contributed by atoms with van der Waals surface area (Å²) in [5, 5.41) is 3.11. The van der Waals surface area contributed by atoms with E-state index in [1.165, 1.54) is 7.11 Å². The molecule has 0 saturated heterocycles. The zero-order valence-corrected chi connectivity index (χ0v) is 9.55. The maximum atomic E-state index is 11.5. The molecule has 0 aliphatic carbocycles. The van der Waals surface area contributed by atoms with Gasteiger partial charge in [-0.15, -0.1) is 0 Å². The van der Waals surface area contributed by atoms with Crippen LogP contribution in [0.15, 0.2) is 0 Å². The van der Waals surface area contributed by atoms with Gasteiger partial charge in [-0.2, -0.15) is 0 Å². The van der Waals surface area contributed by atoms with Crippen LogP contribution in [-0.4, -0.2) is 38.4 Å². The average molecular weight is 203 g/mol. The third-order valence-electron chi connectivity index (χ3n) is 2.15. The molecule has 0 amide bonds. The average Bonchev–Trinajstić information content (AvgIpc) is 2.17. The number of ether oxygens (including phenoxy) is 2. The first kappa shape index (κ1) is 13.4. The van der Waals surface area contributed by atoms with Crippen molar-refractivity contribution in [3.05, 3.63) is 0 Å². The number of esters is 1. The molecule has 0 aliphatic heterocycles. The zero-order valence-electron chi connectivity index (χ0n) is 9.55. The SMILES string of the molecule is CCNC(C)(CCOCC)C(=O)OC. The summed E-state index contributed by atoms with van der Waals surface area (Å²) in [4.78, 5) is 11.5. The third-order valence-corrected chi connectivity index (χ3v) is 2.15. The number of hydrogen-bond acceptors (Lipinski definition) is 4. The molecule has 0 radical (unpaired) electrons. The van der Waals surface area contributed by atoms with Gasteiger partial charge in [0.25, 0.3) is 0 Å². The fourth-order valence-corrected chi connectivity index (χ4v) is 1.30. The Hall–Kier alpha value is -0.610. The molecule has 0 bridgehead atoms. The molecule has 1 atom stereocenters. The second-order valence-corrected chi connectivity index (χ2v) is 3.30. The smallest absolute Gasteiger partial charge is 0.325 e. The van der Waals surface area contributed by atoms with Crippen molar-refractivity contribution in [1.29, 1.82) is 0 Å². The number of carbonyl (C=O) groups excluding carboxylic acids is 1. The summed E-state index contributed by atoms with van der Waals surface area (Å²) >= 11 is 0. The first-order valence-corrected chi connectivity index (χ1v) is 5.02. The van der Waals surface area contributed by atoms with Crippen LogP contribution in [0, 0.1) is 0 Å². The van der Waals surface area contributed by atoms with Gasteiger partial charge in [0.2, 0.25) is 0 Å². The number of hydrogen-bond donors (Lipinski definition) is 1. The van der Waals surface area contributed by atoms with Crippen molar-refractivity contribution in [2.45, 2.75) is 32.7 Å². The van der Waals surface area contributed by atoms with Gasteiger partial charge >= 0.3 is 5.97 Å². The molecular formula is C10H21NO3. The third kappa shape index (κ3) is 4.07. The van der Waals surface area contributed by atoms with Crippen LogP contribution < -0.4 is 5.32 Å². The van der Waals surface area contributed by atoms with E-state index >= 15 is 0 Å². The highest BCUT2D eigenvalue weighted by Gasteiger charge is 2.32. The monoisotopic (exact) mass is 203 g/mol. The summed E-state index contributed by atoms with van der Waals surface area (Å²) in [5.41, 5.74) is -0.626. The van der Waals surface area contributed by atoms with Crippen LogP contribution in [0.5, 0.6) is 0 Å². The fourth-order valence-electron chi connectivity index (χ4n) is 1.30. The van der Waals surface area contributed by atoms with E-state index in [9.17, 15) is 4.79 Å². The van der Waals surface area contributed by atoms with Gasteiger partial charge < -0.3 is 14.8 Å². The van der Waals surface area contributed by atoms with Crippen molar-refractivity contribution in [1.82, 2.24) is 5.32 Å². The first-order valence-electron chi connectivity index (χ1n) is 5.02. The van der Waals surface area contributed by atoms with Gasteiger partial charge in [0.05, 0.1) is 7.11 Å². The molecule has 0 aromatic rings. The summed E-state index contributed by atoms with van der Waals surface area (Å²) in [7, 11) is 1.40. The number of carbonyl (C=O) groups is 1. The summed E-state index contributed by atoms with van der Waals surface area (Å²) in [5.74, 6) is -0.237. The predicted octanol–water partition coefficient (Wildman–Crippen LogP) is 0.954. The normalized spacial score (nSPS) is 14.9. The van der Waals surface area contributed by atoms with Crippen molar-refractivity contribution in [3.63, 3.8) is 0 Å². The molecule has 14 heavy (non-hydrogen) atoms. The molecule has 0 aliphatic rings. The molecule has 1 unspecified atom stereocenters. The predicted molar refractivity (Wildman–Crippen MR) is 55.2 cm³/mol. The lowest BCUT2D eigenvalue weighted by atomic mass is 9.98. The van der Waals surface area contributed by atoms with E-state index in [2.05, 4.69) is 5.32 Å². The fraction of sp³-hybridized carbons (Fsp3) is 0.900. The number of likely N-dealkylation sites (N-methyl/N-ethyl adjacent to an activating group) is 1. The van der Waals surface area contributed by atoms with E-state index in [1.54, 1.807) is 0 Å². The molecule has 1 N–H and O–H groups in total. The Bertz CT molecular complexity index is 173. The quantitative estimate of drug-likeness (QED) is 0.494. The molecule has 0 spiro atoms.